The monoisotopic (exact) mass is 365 g/mol. The summed E-state index contributed by atoms with van der Waals surface area (Å²) in [5.41, 5.74) is -0.831. The number of non-ortho nitro benzene ring substituents is 1. The van der Waals surface area contributed by atoms with Gasteiger partial charge in [-0.3, -0.25) is 10.1 Å². The average Bonchev–Trinajstić information content (AvgIpc) is 2.39. The Labute approximate surface area is 124 Å². The predicted molar refractivity (Wildman–Crippen MR) is 71.1 cm³/mol. The van der Waals surface area contributed by atoms with Crippen molar-refractivity contribution in [3.05, 3.63) is 61.3 Å². The van der Waals surface area contributed by atoms with Crippen LogP contribution in [0.25, 0.3) is 11.1 Å². The van der Waals surface area contributed by atoms with Crippen LogP contribution in [0.3, 0.4) is 0 Å². The molecule has 0 heterocycles. The standard InChI is InChI=1S/C12H4BrClF3NO2/c13-8-4-5(18(19)20)3-7(10(8)14)6-1-2-9(15)12(17)11(6)16/h1-4H. The SMILES string of the molecule is O=[N+]([O-])c1cc(Br)c(Cl)c(-c2ccc(F)c(F)c2F)c1. The van der Waals surface area contributed by atoms with Gasteiger partial charge in [0.2, 0.25) is 0 Å². The van der Waals surface area contributed by atoms with E-state index in [1.54, 1.807) is 0 Å². The molecule has 0 saturated heterocycles. The third-order valence-corrected chi connectivity index (χ3v) is 3.81. The minimum Gasteiger partial charge on any atom is -0.258 e. The Bertz CT molecular complexity index is 724. The van der Waals surface area contributed by atoms with Gasteiger partial charge in [0.05, 0.1) is 9.95 Å². The number of benzene rings is 2. The third kappa shape index (κ3) is 2.51. The molecule has 2 rings (SSSR count). The van der Waals surface area contributed by atoms with Gasteiger partial charge in [0, 0.05) is 27.7 Å². The normalized spacial score (nSPS) is 10.7. The Kier molecular flexibility index (Phi) is 4.01. The van der Waals surface area contributed by atoms with Gasteiger partial charge in [-0.2, -0.15) is 0 Å². The molecule has 104 valence electrons. The van der Waals surface area contributed by atoms with E-state index in [4.69, 9.17) is 11.6 Å². The fraction of sp³-hybridized carbons (Fsp3) is 0. The molecule has 0 amide bonds. The van der Waals surface area contributed by atoms with E-state index in [9.17, 15) is 23.3 Å². The molecule has 8 heteroatoms. The van der Waals surface area contributed by atoms with Crippen LogP contribution < -0.4 is 0 Å². The van der Waals surface area contributed by atoms with Crippen LogP contribution in [-0.2, 0) is 0 Å². The van der Waals surface area contributed by atoms with Gasteiger partial charge in [-0.15, -0.1) is 0 Å². The first kappa shape index (κ1) is 14.8. The van der Waals surface area contributed by atoms with E-state index in [1.165, 1.54) is 0 Å². The summed E-state index contributed by atoms with van der Waals surface area (Å²) in [4.78, 5) is 10.1. The molecule has 3 nitrogen and oxygen atoms in total. The number of rotatable bonds is 2. The van der Waals surface area contributed by atoms with Crippen LogP contribution in [0.5, 0.6) is 0 Å². The van der Waals surface area contributed by atoms with Crippen molar-refractivity contribution in [1.82, 2.24) is 0 Å². The Balaban J connectivity index is 2.76. The lowest BCUT2D eigenvalue weighted by Crippen LogP contribution is -1.96. The van der Waals surface area contributed by atoms with Crippen molar-refractivity contribution in [2.45, 2.75) is 0 Å². The molecule has 0 fully saturated rings. The summed E-state index contributed by atoms with van der Waals surface area (Å²) < 4.78 is 40.0. The Morgan fingerprint density at radius 1 is 1.10 bits per heavy atom. The zero-order valence-corrected chi connectivity index (χ0v) is 11.8. The molecule has 0 aliphatic rings. The van der Waals surface area contributed by atoms with Crippen molar-refractivity contribution in [2.24, 2.45) is 0 Å². The van der Waals surface area contributed by atoms with Crippen LogP contribution >= 0.6 is 27.5 Å². The van der Waals surface area contributed by atoms with E-state index in [-0.39, 0.29) is 26.3 Å². The summed E-state index contributed by atoms with van der Waals surface area (Å²) in [5.74, 6) is -4.48. The highest BCUT2D eigenvalue weighted by Crippen LogP contribution is 2.39. The van der Waals surface area contributed by atoms with Gasteiger partial charge in [-0.25, -0.2) is 13.2 Å². The summed E-state index contributed by atoms with van der Waals surface area (Å²) in [6.07, 6.45) is 0. The maximum absolute atomic E-state index is 13.7. The van der Waals surface area contributed by atoms with E-state index in [0.717, 1.165) is 24.3 Å². The van der Waals surface area contributed by atoms with Crippen LogP contribution in [0.1, 0.15) is 0 Å². The number of hydrogen-bond acceptors (Lipinski definition) is 2. The van der Waals surface area contributed by atoms with Crippen molar-refractivity contribution in [1.29, 1.82) is 0 Å². The number of hydrogen-bond donors (Lipinski definition) is 0. The fourth-order valence-electron chi connectivity index (χ4n) is 1.61. The summed E-state index contributed by atoms with van der Waals surface area (Å²) in [6, 6.07) is 3.80. The Hall–Kier alpha value is -1.60. The van der Waals surface area contributed by atoms with Gasteiger partial charge in [0.15, 0.2) is 17.5 Å². The van der Waals surface area contributed by atoms with E-state index < -0.39 is 22.4 Å². The van der Waals surface area contributed by atoms with Crippen molar-refractivity contribution in [3.63, 3.8) is 0 Å². The van der Waals surface area contributed by atoms with E-state index in [0.29, 0.717) is 0 Å². The lowest BCUT2D eigenvalue weighted by Gasteiger charge is -2.08. The summed E-state index contributed by atoms with van der Waals surface area (Å²) in [6.45, 7) is 0. The maximum Gasteiger partial charge on any atom is 0.271 e. The molecule has 0 aliphatic heterocycles. The number of nitro groups is 1. The topological polar surface area (TPSA) is 43.1 Å². The molecule has 0 aliphatic carbocycles. The zero-order chi connectivity index (χ0) is 15.0. The molecule has 0 bridgehead atoms. The molecule has 0 unspecified atom stereocenters. The summed E-state index contributed by atoms with van der Waals surface area (Å²) >= 11 is 8.91. The molecular formula is C12H4BrClF3NO2. The van der Waals surface area contributed by atoms with Crippen LogP contribution in [-0.4, -0.2) is 4.92 Å². The molecule has 0 saturated carbocycles. The molecule has 0 radical (unpaired) electrons. The third-order valence-electron chi connectivity index (χ3n) is 2.55. The highest BCUT2D eigenvalue weighted by molar-refractivity contribution is 9.10. The van der Waals surface area contributed by atoms with Crippen molar-refractivity contribution in [2.75, 3.05) is 0 Å². The van der Waals surface area contributed by atoms with Gasteiger partial charge in [-0.1, -0.05) is 11.6 Å². The molecule has 0 atom stereocenters. The number of halogens is 5. The second-order valence-corrected chi connectivity index (χ2v) is 5.00. The Morgan fingerprint density at radius 2 is 1.75 bits per heavy atom. The maximum atomic E-state index is 13.7. The second-order valence-electron chi connectivity index (χ2n) is 3.77. The van der Waals surface area contributed by atoms with E-state index in [2.05, 4.69) is 15.9 Å². The predicted octanol–water partition coefficient (Wildman–Crippen LogP) is 5.10. The average molecular weight is 367 g/mol. The van der Waals surface area contributed by atoms with Gasteiger partial charge >= 0.3 is 0 Å². The van der Waals surface area contributed by atoms with Gasteiger partial charge in [0.1, 0.15) is 0 Å². The number of nitro benzene ring substituents is 1. The summed E-state index contributed by atoms with van der Waals surface area (Å²) in [7, 11) is 0. The van der Waals surface area contributed by atoms with E-state index in [1.807, 2.05) is 0 Å². The van der Waals surface area contributed by atoms with Gasteiger partial charge in [0.25, 0.3) is 5.69 Å². The van der Waals surface area contributed by atoms with Crippen molar-refractivity contribution in [3.8, 4) is 11.1 Å². The van der Waals surface area contributed by atoms with Crippen LogP contribution in [0.15, 0.2) is 28.7 Å². The lowest BCUT2D eigenvalue weighted by atomic mass is 10.0. The van der Waals surface area contributed by atoms with Gasteiger partial charge in [-0.05, 0) is 28.1 Å². The number of nitrogens with zero attached hydrogens (tertiary/aromatic N) is 1. The molecule has 2 aromatic rings. The van der Waals surface area contributed by atoms with Crippen LogP contribution in [0.4, 0.5) is 18.9 Å². The van der Waals surface area contributed by atoms with Crippen molar-refractivity contribution >= 4 is 33.2 Å². The minimum atomic E-state index is -1.67. The fourth-order valence-corrected chi connectivity index (χ4v) is 2.27. The highest BCUT2D eigenvalue weighted by Gasteiger charge is 2.21. The molecule has 20 heavy (non-hydrogen) atoms. The van der Waals surface area contributed by atoms with E-state index >= 15 is 0 Å². The Morgan fingerprint density at radius 3 is 2.35 bits per heavy atom. The largest absolute Gasteiger partial charge is 0.271 e. The summed E-state index contributed by atoms with van der Waals surface area (Å²) in [5, 5.41) is 10.7. The highest BCUT2D eigenvalue weighted by atomic mass is 79.9. The first-order valence-corrected chi connectivity index (χ1v) is 6.27. The second kappa shape index (κ2) is 5.41. The first-order chi connectivity index (χ1) is 9.32. The van der Waals surface area contributed by atoms with Crippen LogP contribution in [0.2, 0.25) is 5.02 Å². The first-order valence-electron chi connectivity index (χ1n) is 5.10. The molecule has 0 aromatic heterocycles. The quantitative estimate of drug-likeness (QED) is 0.422. The molecule has 0 N–H and O–H groups in total. The minimum absolute atomic E-state index is 0.0412. The lowest BCUT2D eigenvalue weighted by molar-refractivity contribution is -0.384. The van der Waals surface area contributed by atoms with Crippen LogP contribution in [0, 0.1) is 27.6 Å². The smallest absolute Gasteiger partial charge is 0.258 e. The molecular weight excluding hydrogens is 362 g/mol. The zero-order valence-electron chi connectivity index (χ0n) is 9.46. The van der Waals surface area contributed by atoms with Crippen molar-refractivity contribution < 1.29 is 18.1 Å². The molecule has 2 aromatic carbocycles. The molecule has 0 spiro atoms. The van der Waals surface area contributed by atoms with Gasteiger partial charge < -0.3 is 0 Å².